The summed E-state index contributed by atoms with van der Waals surface area (Å²) in [7, 11) is 5.12. The molecule has 1 aromatic heterocycles. The molecule has 0 aliphatic rings. The number of aromatic nitrogens is 2. The summed E-state index contributed by atoms with van der Waals surface area (Å²) < 4.78 is 12.0. The molecule has 4 rings (SSSR count). The Labute approximate surface area is 203 Å². The Morgan fingerprint density at radius 3 is 2.49 bits per heavy atom. The maximum Gasteiger partial charge on any atom is 0.346 e. The number of para-hydroxylation sites is 1. The average molecular weight is 471 g/mol. The highest BCUT2D eigenvalue weighted by Gasteiger charge is 2.18. The van der Waals surface area contributed by atoms with Crippen LogP contribution in [0.25, 0.3) is 22.3 Å². The van der Waals surface area contributed by atoms with E-state index in [4.69, 9.17) is 14.5 Å². The molecule has 0 saturated carbocycles. The quantitative estimate of drug-likeness (QED) is 0.300. The monoisotopic (exact) mass is 470 g/mol. The summed E-state index contributed by atoms with van der Waals surface area (Å²) in [4.78, 5) is 32.0. The molecule has 0 amide bonds. The maximum absolute atomic E-state index is 13.4. The number of esters is 1. The highest BCUT2D eigenvalue weighted by atomic mass is 16.6. The lowest BCUT2D eigenvalue weighted by Crippen LogP contribution is -2.25. The molecule has 3 aromatic carbocycles. The van der Waals surface area contributed by atoms with Crippen molar-refractivity contribution in [1.29, 1.82) is 0 Å². The van der Waals surface area contributed by atoms with Gasteiger partial charge in [0.25, 0.3) is 5.56 Å². The maximum atomic E-state index is 13.4. The molecule has 1 atom stereocenters. The van der Waals surface area contributed by atoms with Crippen molar-refractivity contribution < 1.29 is 14.3 Å². The van der Waals surface area contributed by atoms with Gasteiger partial charge in [0.1, 0.15) is 5.75 Å². The van der Waals surface area contributed by atoms with Crippen molar-refractivity contribution in [2.45, 2.75) is 13.0 Å². The number of hydrogen-bond acceptors (Lipinski definition) is 7. The van der Waals surface area contributed by atoms with Crippen LogP contribution in [0.2, 0.25) is 0 Å². The number of hydrogen-bond donors (Lipinski definition) is 0. The Balaban J connectivity index is 1.84. The zero-order valence-corrected chi connectivity index (χ0v) is 20.0. The zero-order valence-electron chi connectivity index (χ0n) is 20.0. The number of nitrogens with zero attached hydrogens (tertiary/aromatic N) is 4. The van der Waals surface area contributed by atoms with Crippen LogP contribution >= 0.6 is 0 Å². The standard InChI is InChI=1S/C27H26N4O4/c1-18(27(33)34-4)35-24-16-21(30(2)3)15-14-20(24)17-28-31-25(19-10-6-5-7-11-19)29-23-13-9-8-12-22(23)26(31)32/h5-18H,1-4H3/t18-/m0/s1. The number of methoxy groups -OCH3 is 1. The molecule has 0 bridgehead atoms. The summed E-state index contributed by atoms with van der Waals surface area (Å²) in [6, 6.07) is 22.1. The van der Waals surface area contributed by atoms with Crippen LogP contribution < -0.4 is 15.2 Å². The predicted octanol–water partition coefficient (Wildman–Crippen LogP) is 3.95. The van der Waals surface area contributed by atoms with E-state index in [1.165, 1.54) is 18.0 Å². The van der Waals surface area contributed by atoms with Crippen LogP contribution in [0, 0.1) is 0 Å². The van der Waals surface area contributed by atoms with Gasteiger partial charge in [0, 0.05) is 37.0 Å². The summed E-state index contributed by atoms with van der Waals surface area (Å²) in [5.74, 6) is 0.353. The topological polar surface area (TPSA) is 86.0 Å². The Kier molecular flexibility index (Phi) is 6.91. The third-order valence-corrected chi connectivity index (χ3v) is 5.45. The van der Waals surface area contributed by atoms with Crippen molar-refractivity contribution in [3.8, 4) is 17.1 Å². The lowest BCUT2D eigenvalue weighted by atomic mass is 10.2. The molecule has 0 aliphatic heterocycles. The fraction of sp³-hybridized carbons (Fsp3) is 0.185. The van der Waals surface area contributed by atoms with Crippen LogP contribution in [0.5, 0.6) is 5.75 Å². The molecule has 0 aliphatic carbocycles. The number of fused-ring (bicyclic) bond motifs is 1. The second kappa shape index (κ2) is 10.2. The van der Waals surface area contributed by atoms with Gasteiger partial charge < -0.3 is 14.4 Å². The number of anilines is 1. The van der Waals surface area contributed by atoms with Crippen molar-refractivity contribution in [2.75, 3.05) is 26.1 Å². The summed E-state index contributed by atoms with van der Waals surface area (Å²) in [6.45, 7) is 1.61. The molecule has 35 heavy (non-hydrogen) atoms. The molecule has 0 N–H and O–H groups in total. The first kappa shape index (κ1) is 23.7. The smallest absolute Gasteiger partial charge is 0.346 e. The van der Waals surface area contributed by atoms with Gasteiger partial charge >= 0.3 is 5.97 Å². The molecule has 0 unspecified atom stereocenters. The third kappa shape index (κ3) is 5.06. The minimum atomic E-state index is -0.825. The summed E-state index contributed by atoms with van der Waals surface area (Å²) in [5.41, 5.74) is 2.52. The second-order valence-corrected chi connectivity index (χ2v) is 8.08. The van der Waals surface area contributed by atoms with E-state index in [1.807, 2.05) is 67.5 Å². The number of ether oxygens (including phenoxy) is 2. The van der Waals surface area contributed by atoms with E-state index >= 15 is 0 Å². The van der Waals surface area contributed by atoms with E-state index in [2.05, 4.69) is 5.10 Å². The second-order valence-electron chi connectivity index (χ2n) is 8.08. The first-order valence-electron chi connectivity index (χ1n) is 11.1. The lowest BCUT2D eigenvalue weighted by Gasteiger charge is -2.18. The van der Waals surface area contributed by atoms with Gasteiger partial charge in [-0.2, -0.15) is 9.78 Å². The molecule has 1 heterocycles. The van der Waals surface area contributed by atoms with Crippen molar-refractivity contribution in [3.63, 3.8) is 0 Å². The Morgan fingerprint density at radius 2 is 1.77 bits per heavy atom. The molecule has 178 valence electrons. The fourth-order valence-electron chi connectivity index (χ4n) is 3.54. The van der Waals surface area contributed by atoms with E-state index in [9.17, 15) is 9.59 Å². The predicted molar refractivity (Wildman–Crippen MR) is 137 cm³/mol. The largest absolute Gasteiger partial charge is 0.478 e. The number of carbonyl (C=O) groups excluding carboxylic acids is 1. The highest BCUT2D eigenvalue weighted by molar-refractivity contribution is 5.86. The van der Waals surface area contributed by atoms with Crippen molar-refractivity contribution in [1.82, 2.24) is 9.66 Å². The SMILES string of the molecule is COC(=O)[C@H](C)Oc1cc(N(C)C)ccc1C=Nn1c(-c2ccccc2)nc2ccccc2c1=O. The van der Waals surface area contributed by atoms with Gasteiger partial charge in [-0.1, -0.05) is 42.5 Å². The molecular formula is C27H26N4O4. The van der Waals surface area contributed by atoms with Gasteiger partial charge in [0.2, 0.25) is 0 Å². The molecule has 4 aromatic rings. The molecule has 0 fully saturated rings. The van der Waals surface area contributed by atoms with Gasteiger partial charge in [0.05, 0.1) is 24.2 Å². The van der Waals surface area contributed by atoms with Crippen molar-refractivity contribution in [2.24, 2.45) is 5.10 Å². The molecule has 0 saturated heterocycles. The molecule has 0 spiro atoms. The van der Waals surface area contributed by atoms with Crippen LogP contribution in [0.1, 0.15) is 12.5 Å². The van der Waals surface area contributed by atoms with Gasteiger partial charge in [-0.15, -0.1) is 0 Å². The van der Waals surface area contributed by atoms with E-state index < -0.39 is 12.1 Å². The van der Waals surface area contributed by atoms with Crippen LogP contribution in [-0.2, 0) is 9.53 Å². The minimum Gasteiger partial charge on any atom is -0.478 e. The number of carbonyl (C=O) groups is 1. The highest BCUT2D eigenvalue weighted by Crippen LogP contribution is 2.26. The van der Waals surface area contributed by atoms with Crippen LogP contribution in [-0.4, -0.2) is 49.2 Å². The van der Waals surface area contributed by atoms with Crippen LogP contribution in [0.3, 0.4) is 0 Å². The Bertz CT molecular complexity index is 1450. The van der Waals surface area contributed by atoms with E-state index in [0.29, 0.717) is 28.0 Å². The zero-order chi connectivity index (χ0) is 24.9. The molecular weight excluding hydrogens is 444 g/mol. The number of benzene rings is 3. The molecule has 8 nitrogen and oxygen atoms in total. The van der Waals surface area contributed by atoms with Crippen LogP contribution in [0.15, 0.2) is 82.7 Å². The van der Waals surface area contributed by atoms with E-state index in [1.54, 1.807) is 31.2 Å². The van der Waals surface area contributed by atoms with Gasteiger partial charge in [-0.25, -0.2) is 9.78 Å². The van der Waals surface area contributed by atoms with Crippen molar-refractivity contribution in [3.05, 3.63) is 88.7 Å². The fourth-order valence-corrected chi connectivity index (χ4v) is 3.54. The Hall–Kier alpha value is -4.46. The third-order valence-electron chi connectivity index (χ3n) is 5.45. The number of rotatable bonds is 7. The molecule has 8 heteroatoms. The Morgan fingerprint density at radius 1 is 1.06 bits per heavy atom. The van der Waals surface area contributed by atoms with Gasteiger partial charge in [-0.05, 0) is 31.2 Å². The van der Waals surface area contributed by atoms with E-state index in [0.717, 1.165) is 11.3 Å². The first-order valence-corrected chi connectivity index (χ1v) is 11.1. The minimum absolute atomic E-state index is 0.291. The first-order chi connectivity index (χ1) is 16.9. The summed E-state index contributed by atoms with van der Waals surface area (Å²) in [6.07, 6.45) is 0.706. The van der Waals surface area contributed by atoms with E-state index in [-0.39, 0.29) is 5.56 Å². The van der Waals surface area contributed by atoms with Gasteiger partial charge in [-0.3, -0.25) is 4.79 Å². The van der Waals surface area contributed by atoms with Crippen LogP contribution in [0.4, 0.5) is 5.69 Å². The summed E-state index contributed by atoms with van der Waals surface area (Å²) in [5, 5.41) is 4.98. The normalized spacial score (nSPS) is 12.0. The molecule has 0 radical (unpaired) electrons. The summed E-state index contributed by atoms with van der Waals surface area (Å²) >= 11 is 0. The average Bonchev–Trinajstić information content (AvgIpc) is 2.88. The van der Waals surface area contributed by atoms with Gasteiger partial charge in [0.15, 0.2) is 11.9 Å². The lowest BCUT2D eigenvalue weighted by molar-refractivity contribution is -0.147. The van der Waals surface area contributed by atoms with Crippen molar-refractivity contribution >= 4 is 28.8 Å².